The van der Waals surface area contributed by atoms with Crippen molar-refractivity contribution in [2.75, 3.05) is 6.61 Å². The zero-order chi connectivity index (χ0) is 13.8. The van der Waals surface area contributed by atoms with Crippen LogP contribution in [0.5, 0.6) is 0 Å². The number of hydrogen-bond acceptors (Lipinski definition) is 5. The fourth-order valence-corrected chi connectivity index (χ4v) is 2.79. The highest BCUT2D eigenvalue weighted by Crippen LogP contribution is 2.20. The van der Waals surface area contributed by atoms with Gasteiger partial charge in [-0.25, -0.2) is 4.98 Å². The van der Waals surface area contributed by atoms with Crippen LogP contribution in [0.25, 0.3) is 0 Å². The first-order chi connectivity index (χ1) is 9.81. The maximum absolute atomic E-state index is 5.73. The van der Waals surface area contributed by atoms with Crippen LogP contribution in [0.4, 0.5) is 0 Å². The van der Waals surface area contributed by atoms with E-state index in [0.29, 0.717) is 19.3 Å². The lowest BCUT2D eigenvalue weighted by Gasteiger charge is -2.02. The Morgan fingerprint density at radius 3 is 3.00 bits per heavy atom. The largest absolute Gasteiger partial charge is 0.462 e. The molecule has 0 atom stereocenters. The average Bonchev–Trinajstić information content (AvgIpc) is 3.03. The Bertz CT molecular complexity index is 546. The predicted molar refractivity (Wildman–Crippen MR) is 78.8 cm³/mol. The Hall–Kier alpha value is -1.17. The second-order valence-corrected chi connectivity index (χ2v) is 6.13. The van der Waals surface area contributed by atoms with Crippen molar-refractivity contribution in [2.45, 2.75) is 45.4 Å². The third kappa shape index (κ3) is 3.91. The predicted octanol–water partition coefficient (Wildman–Crippen LogP) is 3.06. The van der Waals surface area contributed by atoms with Gasteiger partial charge in [0.15, 0.2) is 0 Å². The lowest BCUT2D eigenvalue weighted by Crippen LogP contribution is -2.14. The molecule has 0 bridgehead atoms. The highest BCUT2D eigenvalue weighted by atomic mass is 32.1. The number of rotatable bonds is 8. The lowest BCUT2D eigenvalue weighted by atomic mass is 10.3. The fourth-order valence-electron chi connectivity index (χ4n) is 2.03. The number of hydrogen-bond donors (Lipinski definition) is 1. The minimum atomic E-state index is 0.543. The van der Waals surface area contributed by atoms with Crippen molar-refractivity contribution in [2.24, 2.45) is 0 Å². The number of nitrogens with zero attached hydrogens (tertiary/aromatic N) is 1. The maximum Gasteiger partial charge on any atom is 0.129 e. The summed E-state index contributed by atoms with van der Waals surface area (Å²) in [5.41, 5.74) is 3.00. The van der Waals surface area contributed by atoms with Gasteiger partial charge in [-0.3, -0.25) is 0 Å². The molecule has 1 fully saturated rings. The quantitative estimate of drug-likeness (QED) is 0.760. The van der Waals surface area contributed by atoms with Crippen molar-refractivity contribution in [3.63, 3.8) is 0 Å². The van der Waals surface area contributed by atoms with Gasteiger partial charge in [0.2, 0.25) is 0 Å². The summed E-state index contributed by atoms with van der Waals surface area (Å²) in [5.74, 6) is 1.90. The van der Waals surface area contributed by atoms with E-state index in [4.69, 9.17) is 9.15 Å². The normalized spacial score (nSPS) is 14.8. The summed E-state index contributed by atoms with van der Waals surface area (Å²) in [6.45, 7) is 4.11. The molecule has 2 heterocycles. The number of ether oxygens (including phenoxy) is 1. The summed E-state index contributed by atoms with van der Waals surface area (Å²) in [6.07, 6.45) is 3.52. The Morgan fingerprint density at radius 2 is 2.25 bits per heavy atom. The molecule has 3 rings (SSSR count). The Labute approximate surface area is 123 Å². The van der Waals surface area contributed by atoms with E-state index in [0.717, 1.165) is 30.2 Å². The van der Waals surface area contributed by atoms with Gasteiger partial charge in [-0.1, -0.05) is 0 Å². The molecule has 20 heavy (non-hydrogen) atoms. The second kappa shape index (κ2) is 6.52. The van der Waals surface area contributed by atoms with Gasteiger partial charge in [0.1, 0.15) is 18.1 Å². The van der Waals surface area contributed by atoms with Gasteiger partial charge in [0.25, 0.3) is 0 Å². The lowest BCUT2D eigenvalue weighted by molar-refractivity contribution is 0.108. The molecule has 0 radical (unpaired) electrons. The van der Waals surface area contributed by atoms with Crippen LogP contribution in [0.1, 0.15) is 34.9 Å². The Balaban J connectivity index is 1.36. The number of aromatic nitrogens is 1. The third-order valence-corrected chi connectivity index (χ3v) is 4.42. The molecule has 2 aromatic heterocycles. The SMILES string of the molecule is Cc1ncsc1CCOCc1ccc(CNC2CC2)o1. The van der Waals surface area contributed by atoms with Gasteiger partial charge in [-0.15, -0.1) is 11.3 Å². The average molecular weight is 292 g/mol. The van der Waals surface area contributed by atoms with E-state index >= 15 is 0 Å². The molecule has 1 saturated carbocycles. The number of nitrogens with one attached hydrogen (secondary N) is 1. The van der Waals surface area contributed by atoms with E-state index < -0.39 is 0 Å². The fraction of sp³-hybridized carbons (Fsp3) is 0.533. The zero-order valence-electron chi connectivity index (χ0n) is 11.7. The van der Waals surface area contributed by atoms with Gasteiger partial charge >= 0.3 is 0 Å². The van der Waals surface area contributed by atoms with Crippen LogP contribution in [0, 0.1) is 6.92 Å². The Kier molecular flexibility index (Phi) is 4.50. The Morgan fingerprint density at radius 1 is 1.40 bits per heavy atom. The molecule has 0 aromatic carbocycles. The molecule has 0 aliphatic heterocycles. The van der Waals surface area contributed by atoms with Crippen molar-refractivity contribution in [3.05, 3.63) is 39.7 Å². The molecule has 0 spiro atoms. The van der Waals surface area contributed by atoms with Crippen molar-refractivity contribution in [1.82, 2.24) is 10.3 Å². The summed E-state index contributed by atoms with van der Waals surface area (Å²) in [7, 11) is 0. The molecule has 0 saturated heterocycles. The van der Waals surface area contributed by atoms with Crippen molar-refractivity contribution in [1.29, 1.82) is 0 Å². The zero-order valence-corrected chi connectivity index (χ0v) is 12.5. The molecule has 108 valence electrons. The van der Waals surface area contributed by atoms with E-state index in [1.165, 1.54) is 17.7 Å². The van der Waals surface area contributed by atoms with Crippen LogP contribution in [0.2, 0.25) is 0 Å². The molecule has 0 unspecified atom stereocenters. The first-order valence-electron chi connectivity index (χ1n) is 7.09. The van der Waals surface area contributed by atoms with Crippen molar-refractivity contribution in [3.8, 4) is 0 Å². The monoisotopic (exact) mass is 292 g/mol. The first-order valence-corrected chi connectivity index (χ1v) is 7.97. The maximum atomic E-state index is 5.73. The van der Waals surface area contributed by atoms with Gasteiger partial charge < -0.3 is 14.5 Å². The van der Waals surface area contributed by atoms with Gasteiger partial charge in [-0.2, -0.15) is 0 Å². The number of furan rings is 1. The van der Waals surface area contributed by atoms with Crippen LogP contribution in [0.15, 0.2) is 22.1 Å². The van der Waals surface area contributed by atoms with E-state index in [-0.39, 0.29) is 0 Å². The van der Waals surface area contributed by atoms with Crippen LogP contribution in [-0.4, -0.2) is 17.6 Å². The van der Waals surface area contributed by atoms with E-state index in [1.54, 1.807) is 11.3 Å². The minimum absolute atomic E-state index is 0.543. The van der Waals surface area contributed by atoms with Crippen LogP contribution in [-0.2, 0) is 24.3 Å². The molecule has 2 aromatic rings. The summed E-state index contributed by atoms with van der Waals surface area (Å²) in [4.78, 5) is 5.54. The number of thiazole rings is 1. The van der Waals surface area contributed by atoms with Crippen LogP contribution >= 0.6 is 11.3 Å². The molecule has 4 nitrogen and oxygen atoms in total. The van der Waals surface area contributed by atoms with Crippen molar-refractivity contribution >= 4 is 11.3 Å². The highest BCUT2D eigenvalue weighted by Gasteiger charge is 2.20. The number of aryl methyl sites for hydroxylation is 1. The molecular weight excluding hydrogens is 272 g/mol. The van der Waals surface area contributed by atoms with Crippen LogP contribution in [0.3, 0.4) is 0 Å². The van der Waals surface area contributed by atoms with E-state index in [2.05, 4.69) is 10.3 Å². The standard InChI is InChI=1S/C15H20N2O2S/c1-11-15(20-10-17-11)6-7-18-9-14-5-4-13(19-14)8-16-12-2-3-12/h4-5,10,12,16H,2-3,6-9H2,1H3. The first kappa shape index (κ1) is 13.8. The topological polar surface area (TPSA) is 47.3 Å². The molecule has 1 aliphatic rings. The van der Waals surface area contributed by atoms with E-state index in [1.807, 2.05) is 24.6 Å². The summed E-state index contributed by atoms with van der Waals surface area (Å²) in [5, 5.41) is 3.44. The summed E-state index contributed by atoms with van der Waals surface area (Å²) < 4.78 is 11.4. The minimum Gasteiger partial charge on any atom is -0.462 e. The smallest absolute Gasteiger partial charge is 0.129 e. The molecular formula is C15H20N2O2S. The van der Waals surface area contributed by atoms with Gasteiger partial charge in [-0.05, 0) is 31.9 Å². The van der Waals surface area contributed by atoms with Gasteiger partial charge in [0.05, 0.1) is 24.4 Å². The third-order valence-electron chi connectivity index (χ3n) is 3.42. The van der Waals surface area contributed by atoms with E-state index in [9.17, 15) is 0 Å². The molecule has 1 aliphatic carbocycles. The molecule has 1 N–H and O–H groups in total. The highest BCUT2D eigenvalue weighted by molar-refractivity contribution is 7.09. The summed E-state index contributed by atoms with van der Waals surface area (Å²) >= 11 is 1.69. The summed E-state index contributed by atoms with van der Waals surface area (Å²) in [6, 6.07) is 4.74. The molecule has 5 heteroatoms. The van der Waals surface area contributed by atoms with Gasteiger partial charge in [0, 0.05) is 17.3 Å². The van der Waals surface area contributed by atoms with Crippen LogP contribution < -0.4 is 5.32 Å². The van der Waals surface area contributed by atoms with Crippen molar-refractivity contribution < 1.29 is 9.15 Å². The second-order valence-electron chi connectivity index (χ2n) is 5.19. The molecule has 0 amide bonds.